The lowest BCUT2D eigenvalue weighted by molar-refractivity contribution is 0.372. The molecule has 3 rings (SSSR count). The summed E-state index contributed by atoms with van der Waals surface area (Å²) in [6.45, 7) is 6.11. The van der Waals surface area contributed by atoms with Crippen molar-refractivity contribution in [2.45, 2.75) is 32.1 Å². The Morgan fingerprint density at radius 3 is 2.72 bits per heavy atom. The number of ether oxygens (including phenoxy) is 2. The number of nitriles is 1. The largest absolute Gasteiger partial charge is 0.504 e. The Hall–Kier alpha value is -3.01. The van der Waals surface area contributed by atoms with E-state index in [1.54, 1.807) is 12.1 Å². The number of methoxy groups -OCH3 is 1. The van der Waals surface area contributed by atoms with Crippen molar-refractivity contribution in [2.24, 2.45) is 5.92 Å². The third-order valence-corrected chi connectivity index (χ3v) is 4.35. The molecule has 0 bridgehead atoms. The van der Waals surface area contributed by atoms with Gasteiger partial charge in [0.2, 0.25) is 11.8 Å². The first-order chi connectivity index (χ1) is 11.8. The molecule has 0 amide bonds. The highest BCUT2D eigenvalue weighted by atomic mass is 16.5. The fraction of sp³-hybridized carbons (Fsp3) is 0.389. The third-order valence-electron chi connectivity index (χ3n) is 4.35. The zero-order chi connectivity index (χ0) is 18.4. The Bertz CT molecular complexity index is 873. The summed E-state index contributed by atoms with van der Waals surface area (Å²) >= 11 is 0. The van der Waals surface area contributed by atoms with Gasteiger partial charge in [-0.05, 0) is 17.7 Å². The molecule has 1 aromatic heterocycles. The number of nitrogens with zero attached hydrogens (tertiary/aromatic N) is 2. The van der Waals surface area contributed by atoms with Crippen LogP contribution in [0.2, 0.25) is 0 Å². The maximum Gasteiger partial charge on any atom is 0.243 e. The van der Waals surface area contributed by atoms with Gasteiger partial charge >= 0.3 is 0 Å². The van der Waals surface area contributed by atoms with Gasteiger partial charge in [-0.3, -0.25) is 10.5 Å². The van der Waals surface area contributed by atoms with Crippen molar-refractivity contribution in [3.63, 3.8) is 0 Å². The first-order valence-electron chi connectivity index (χ1n) is 7.89. The zero-order valence-corrected chi connectivity index (χ0v) is 14.5. The molecule has 7 nitrogen and oxygen atoms in total. The van der Waals surface area contributed by atoms with Crippen LogP contribution in [0.25, 0.3) is 0 Å². The van der Waals surface area contributed by atoms with E-state index in [4.69, 9.17) is 14.9 Å². The maximum atomic E-state index is 9.87. The summed E-state index contributed by atoms with van der Waals surface area (Å²) in [5, 5.41) is 34.8. The monoisotopic (exact) mass is 340 g/mol. The third kappa shape index (κ3) is 2.70. The number of nitrogens with one attached hydrogen (secondary N) is 2. The number of benzene rings is 1. The van der Waals surface area contributed by atoms with E-state index in [2.05, 4.69) is 16.3 Å². The van der Waals surface area contributed by atoms with Gasteiger partial charge < -0.3 is 14.6 Å². The molecule has 7 heteroatoms. The second kappa shape index (κ2) is 5.81. The van der Waals surface area contributed by atoms with Gasteiger partial charge in [-0.15, -0.1) is 5.10 Å². The predicted octanol–water partition coefficient (Wildman–Crippen LogP) is 3.06. The number of phenolic OH excluding ortho intramolecular Hbond substituents is 1. The number of rotatable bonds is 2. The highest BCUT2D eigenvalue weighted by Gasteiger charge is 2.42. The van der Waals surface area contributed by atoms with Crippen molar-refractivity contribution in [1.29, 1.82) is 10.7 Å². The number of aromatic nitrogens is 2. The summed E-state index contributed by atoms with van der Waals surface area (Å²) in [4.78, 5) is 0. The van der Waals surface area contributed by atoms with Crippen LogP contribution in [-0.4, -0.2) is 28.3 Å². The highest BCUT2D eigenvalue weighted by molar-refractivity contribution is 5.85. The molecule has 1 aliphatic rings. The summed E-state index contributed by atoms with van der Waals surface area (Å²) in [6, 6.07) is 7.11. The van der Waals surface area contributed by atoms with Crippen LogP contribution in [0.3, 0.4) is 0 Å². The first kappa shape index (κ1) is 16.8. The fourth-order valence-electron chi connectivity index (χ4n) is 3.14. The standard InChI is InChI=1S/C18H20N4O3/c1-18(2,3)15-14-13(9-5-6-11(23)12(7-9)24-4)10(8-19)16(20)25-17(14)22-21-15/h5-7,10,13,20,23H,1-4H3,(H,21,22). The van der Waals surface area contributed by atoms with Crippen molar-refractivity contribution < 1.29 is 14.6 Å². The summed E-state index contributed by atoms with van der Waals surface area (Å²) in [5.41, 5.74) is 2.13. The molecule has 0 radical (unpaired) electrons. The van der Waals surface area contributed by atoms with E-state index >= 15 is 0 Å². The lowest BCUT2D eigenvalue weighted by Gasteiger charge is -2.30. The number of hydrogen-bond donors (Lipinski definition) is 3. The van der Waals surface area contributed by atoms with Gasteiger partial charge in [-0.25, -0.2) is 0 Å². The minimum absolute atomic E-state index is 0.0188. The second-order valence-corrected chi connectivity index (χ2v) is 7.05. The Labute approximate surface area is 145 Å². The summed E-state index contributed by atoms with van der Waals surface area (Å²) in [5.74, 6) is -0.721. The summed E-state index contributed by atoms with van der Waals surface area (Å²) in [6.07, 6.45) is 0. The van der Waals surface area contributed by atoms with Crippen molar-refractivity contribution >= 4 is 5.90 Å². The predicted molar refractivity (Wildman–Crippen MR) is 91.2 cm³/mol. The molecule has 1 aliphatic heterocycles. The molecule has 130 valence electrons. The van der Waals surface area contributed by atoms with Crippen molar-refractivity contribution in [2.75, 3.05) is 7.11 Å². The summed E-state index contributed by atoms with van der Waals surface area (Å²) < 4.78 is 10.7. The van der Waals surface area contributed by atoms with Crippen molar-refractivity contribution in [1.82, 2.24) is 10.2 Å². The van der Waals surface area contributed by atoms with Crippen LogP contribution in [0.15, 0.2) is 18.2 Å². The highest BCUT2D eigenvalue weighted by Crippen LogP contribution is 2.46. The van der Waals surface area contributed by atoms with Gasteiger partial charge in [0.05, 0.1) is 13.2 Å². The topological polar surface area (TPSA) is 115 Å². The van der Waals surface area contributed by atoms with Crippen LogP contribution in [0.5, 0.6) is 17.4 Å². The normalized spacial score (nSPS) is 19.7. The molecule has 0 saturated carbocycles. The fourth-order valence-corrected chi connectivity index (χ4v) is 3.14. The number of hydrogen-bond acceptors (Lipinski definition) is 6. The van der Waals surface area contributed by atoms with Crippen molar-refractivity contribution in [3.05, 3.63) is 35.0 Å². The molecule has 2 aromatic rings. The van der Waals surface area contributed by atoms with Gasteiger partial charge in [-0.1, -0.05) is 26.8 Å². The molecule has 2 unspecified atom stereocenters. The molecule has 25 heavy (non-hydrogen) atoms. The number of aromatic amines is 1. The van der Waals surface area contributed by atoms with Gasteiger partial charge in [0.25, 0.3) is 0 Å². The minimum atomic E-state index is -0.791. The van der Waals surface area contributed by atoms with E-state index in [1.807, 2.05) is 20.8 Å². The van der Waals surface area contributed by atoms with Crippen LogP contribution in [0.4, 0.5) is 0 Å². The van der Waals surface area contributed by atoms with E-state index in [9.17, 15) is 10.4 Å². The molecule has 0 fully saturated rings. The second-order valence-electron chi connectivity index (χ2n) is 7.05. The van der Waals surface area contributed by atoms with Gasteiger partial charge in [0, 0.05) is 22.6 Å². The lowest BCUT2D eigenvalue weighted by atomic mass is 9.76. The quantitative estimate of drug-likeness (QED) is 0.777. The van der Waals surface area contributed by atoms with E-state index in [-0.39, 0.29) is 17.1 Å². The Balaban J connectivity index is 2.25. The number of H-pyrrole nitrogens is 1. The van der Waals surface area contributed by atoms with Crippen LogP contribution in [-0.2, 0) is 5.41 Å². The molecule has 0 spiro atoms. The molecule has 1 aromatic carbocycles. The molecule has 2 heterocycles. The lowest BCUT2D eigenvalue weighted by Crippen LogP contribution is -2.32. The SMILES string of the molecule is COc1cc(C2c3c(n[nH]c3C(C)(C)C)OC(=N)C2C#N)ccc1O. The average Bonchev–Trinajstić information content (AvgIpc) is 2.97. The van der Waals surface area contributed by atoms with E-state index < -0.39 is 11.8 Å². The van der Waals surface area contributed by atoms with Crippen LogP contribution >= 0.6 is 0 Å². The zero-order valence-electron chi connectivity index (χ0n) is 14.5. The smallest absolute Gasteiger partial charge is 0.243 e. The van der Waals surface area contributed by atoms with E-state index in [1.165, 1.54) is 13.2 Å². The van der Waals surface area contributed by atoms with Gasteiger partial charge in [-0.2, -0.15) is 5.26 Å². The minimum Gasteiger partial charge on any atom is -0.504 e. The molecule has 0 saturated heterocycles. The number of fused-ring (bicyclic) bond motifs is 1. The number of aromatic hydroxyl groups is 1. The summed E-state index contributed by atoms with van der Waals surface area (Å²) in [7, 11) is 1.47. The molecular weight excluding hydrogens is 320 g/mol. The van der Waals surface area contributed by atoms with Gasteiger partial charge in [0.1, 0.15) is 5.92 Å². The van der Waals surface area contributed by atoms with Crippen LogP contribution in [0, 0.1) is 22.7 Å². The Morgan fingerprint density at radius 1 is 1.40 bits per heavy atom. The van der Waals surface area contributed by atoms with E-state index in [0.717, 1.165) is 16.8 Å². The van der Waals surface area contributed by atoms with Crippen LogP contribution in [0.1, 0.15) is 43.5 Å². The molecule has 3 N–H and O–H groups in total. The average molecular weight is 340 g/mol. The van der Waals surface area contributed by atoms with Gasteiger partial charge in [0.15, 0.2) is 11.5 Å². The molecular formula is C18H20N4O3. The first-order valence-corrected chi connectivity index (χ1v) is 7.89. The van der Waals surface area contributed by atoms with Crippen LogP contribution < -0.4 is 9.47 Å². The number of phenols is 1. The van der Waals surface area contributed by atoms with Crippen molar-refractivity contribution in [3.8, 4) is 23.4 Å². The Morgan fingerprint density at radius 2 is 2.12 bits per heavy atom. The molecule has 0 aliphatic carbocycles. The van der Waals surface area contributed by atoms with E-state index in [0.29, 0.717) is 11.6 Å². The Kier molecular flexibility index (Phi) is 3.91. The maximum absolute atomic E-state index is 9.87. The molecule has 2 atom stereocenters.